The van der Waals surface area contributed by atoms with E-state index in [1.165, 1.54) is 0 Å². The molecular weight excluding hydrogens is 362 g/mol. The molecule has 0 atom stereocenters. The fraction of sp³-hybridized carbons (Fsp3) is 0.286. The van der Waals surface area contributed by atoms with Gasteiger partial charge in [-0.2, -0.15) is 0 Å². The second kappa shape index (κ2) is 7.25. The quantitative estimate of drug-likeness (QED) is 0.823. The molecule has 0 aliphatic carbocycles. The monoisotopic (exact) mass is 383 g/mol. The fourth-order valence-electron chi connectivity index (χ4n) is 3.56. The summed E-state index contributed by atoms with van der Waals surface area (Å²) in [5.41, 5.74) is 4.24. The first-order chi connectivity index (χ1) is 13.0. The lowest BCUT2D eigenvalue weighted by molar-refractivity contribution is -0.110. The minimum Gasteiger partial charge on any atom is -0.495 e. The van der Waals surface area contributed by atoms with Crippen molar-refractivity contribution in [3.8, 4) is 5.75 Å². The number of rotatable bonds is 3. The highest BCUT2D eigenvalue weighted by molar-refractivity contribution is 6.36. The minimum atomic E-state index is -0.116. The van der Waals surface area contributed by atoms with Crippen molar-refractivity contribution in [2.45, 2.75) is 0 Å². The Bertz CT molecular complexity index is 918. The summed E-state index contributed by atoms with van der Waals surface area (Å²) in [7, 11) is 3.82. The predicted molar refractivity (Wildman–Crippen MR) is 111 cm³/mol. The third-order valence-corrected chi connectivity index (χ3v) is 5.36. The van der Waals surface area contributed by atoms with Gasteiger partial charge in [-0.15, -0.1) is 0 Å². The molecule has 1 N–H and O–H groups in total. The number of amides is 1. The van der Waals surface area contributed by atoms with Crippen molar-refractivity contribution in [3.63, 3.8) is 0 Å². The van der Waals surface area contributed by atoms with E-state index in [-0.39, 0.29) is 5.91 Å². The van der Waals surface area contributed by atoms with Crippen LogP contribution in [0.25, 0.3) is 11.6 Å². The van der Waals surface area contributed by atoms with E-state index in [0.29, 0.717) is 10.6 Å². The van der Waals surface area contributed by atoms with Gasteiger partial charge in [0.25, 0.3) is 5.91 Å². The Balaban J connectivity index is 1.67. The van der Waals surface area contributed by atoms with Crippen LogP contribution in [0.15, 0.2) is 36.4 Å². The first-order valence-corrected chi connectivity index (χ1v) is 9.37. The summed E-state index contributed by atoms with van der Waals surface area (Å²) in [5.74, 6) is 0.702. The number of halogens is 1. The molecule has 1 amide bonds. The number of piperazine rings is 1. The van der Waals surface area contributed by atoms with Crippen LogP contribution in [0.2, 0.25) is 5.02 Å². The van der Waals surface area contributed by atoms with Gasteiger partial charge in [-0.3, -0.25) is 4.79 Å². The third-order valence-electron chi connectivity index (χ3n) is 5.12. The molecule has 0 radical (unpaired) electrons. The summed E-state index contributed by atoms with van der Waals surface area (Å²) in [6, 6.07) is 11.5. The van der Waals surface area contributed by atoms with Crippen LogP contribution in [0.3, 0.4) is 0 Å². The summed E-state index contributed by atoms with van der Waals surface area (Å²) >= 11 is 6.11. The summed E-state index contributed by atoms with van der Waals surface area (Å²) in [4.78, 5) is 17.0. The third kappa shape index (κ3) is 3.53. The molecule has 27 heavy (non-hydrogen) atoms. The number of nitrogens with one attached hydrogen (secondary N) is 1. The number of hydrogen-bond donors (Lipinski definition) is 1. The van der Waals surface area contributed by atoms with E-state index in [2.05, 4.69) is 28.2 Å². The van der Waals surface area contributed by atoms with Crippen LogP contribution in [0.1, 0.15) is 11.1 Å². The molecule has 0 unspecified atom stereocenters. The van der Waals surface area contributed by atoms with E-state index in [0.717, 1.165) is 54.4 Å². The van der Waals surface area contributed by atoms with Crippen molar-refractivity contribution in [1.82, 2.24) is 4.90 Å². The Morgan fingerprint density at radius 2 is 1.89 bits per heavy atom. The summed E-state index contributed by atoms with van der Waals surface area (Å²) in [6.07, 6.45) is 1.88. The lowest BCUT2D eigenvalue weighted by atomic mass is 10.0. The number of carbonyl (C=O) groups excluding carboxylic acids is 1. The molecule has 2 aliphatic heterocycles. The van der Waals surface area contributed by atoms with E-state index in [1.807, 2.05) is 30.3 Å². The standard InChI is InChI=1S/C21H22ClN3O2/c1-24-7-9-25(10-8-24)19-6-3-14(12-20(19)27-2)11-17-16-13-15(22)4-5-18(16)23-21(17)26/h3-6,11-13H,7-10H2,1-2H3,(H,23,26)/b17-11+. The van der Waals surface area contributed by atoms with E-state index in [4.69, 9.17) is 16.3 Å². The first kappa shape index (κ1) is 17.9. The molecule has 2 aromatic rings. The predicted octanol–water partition coefficient (Wildman–Crippen LogP) is 3.59. The number of anilines is 2. The van der Waals surface area contributed by atoms with Gasteiger partial charge < -0.3 is 19.9 Å². The van der Waals surface area contributed by atoms with Crippen LogP contribution in [0.4, 0.5) is 11.4 Å². The van der Waals surface area contributed by atoms with Crippen LogP contribution >= 0.6 is 11.6 Å². The van der Waals surface area contributed by atoms with Crippen LogP contribution in [-0.2, 0) is 4.79 Å². The first-order valence-electron chi connectivity index (χ1n) is 8.99. The molecule has 140 valence electrons. The molecule has 2 heterocycles. The Morgan fingerprint density at radius 3 is 2.63 bits per heavy atom. The topological polar surface area (TPSA) is 44.8 Å². The maximum absolute atomic E-state index is 12.4. The van der Waals surface area contributed by atoms with Crippen molar-refractivity contribution >= 4 is 40.5 Å². The number of carbonyl (C=O) groups is 1. The van der Waals surface area contributed by atoms with Gasteiger partial charge in [-0.1, -0.05) is 17.7 Å². The molecule has 0 bridgehead atoms. The van der Waals surface area contributed by atoms with Gasteiger partial charge >= 0.3 is 0 Å². The molecule has 2 aliphatic rings. The SMILES string of the molecule is COc1cc(/C=C2/C(=O)Nc3ccc(Cl)cc32)ccc1N1CCN(C)CC1. The van der Waals surface area contributed by atoms with Crippen molar-refractivity contribution in [1.29, 1.82) is 0 Å². The highest BCUT2D eigenvalue weighted by atomic mass is 35.5. The van der Waals surface area contributed by atoms with E-state index < -0.39 is 0 Å². The van der Waals surface area contributed by atoms with Gasteiger partial charge in [0.05, 0.1) is 12.8 Å². The van der Waals surface area contributed by atoms with E-state index >= 15 is 0 Å². The zero-order valence-corrected chi connectivity index (χ0v) is 16.2. The molecule has 1 fully saturated rings. The molecular formula is C21H22ClN3O2. The van der Waals surface area contributed by atoms with Crippen LogP contribution in [-0.4, -0.2) is 51.1 Å². The van der Waals surface area contributed by atoms with Crippen molar-refractivity contribution in [2.75, 3.05) is 50.6 Å². The molecule has 0 saturated carbocycles. The molecule has 0 aromatic heterocycles. The highest BCUT2D eigenvalue weighted by Gasteiger charge is 2.24. The smallest absolute Gasteiger partial charge is 0.256 e. The number of benzene rings is 2. The lowest BCUT2D eigenvalue weighted by Crippen LogP contribution is -2.44. The van der Waals surface area contributed by atoms with Crippen LogP contribution < -0.4 is 15.0 Å². The Labute approximate surface area is 164 Å². The Hall–Kier alpha value is -2.50. The number of likely N-dealkylation sites (N-methyl/N-ethyl adjacent to an activating group) is 1. The average Bonchev–Trinajstić information content (AvgIpc) is 2.97. The minimum absolute atomic E-state index is 0.116. The van der Waals surface area contributed by atoms with Gasteiger partial charge in [-0.05, 0) is 49.0 Å². The molecule has 6 heteroatoms. The van der Waals surface area contributed by atoms with Crippen LogP contribution in [0.5, 0.6) is 5.75 Å². The summed E-state index contributed by atoms with van der Waals surface area (Å²) in [6.45, 7) is 4.02. The highest BCUT2D eigenvalue weighted by Crippen LogP contribution is 2.36. The van der Waals surface area contributed by atoms with Gasteiger partial charge in [0.2, 0.25) is 0 Å². The van der Waals surface area contributed by atoms with Crippen molar-refractivity contribution < 1.29 is 9.53 Å². The number of hydrogen-bond acceptors (Lipinski definition) is 4. The van der Waals surface area contributed by atoms with Crippen molar-refractivity contribution in [3.05, 3.63) is 52.5 Å². The number of ether oxygens (including phenoxy) is 1. The number of fused-ring (bicyclic) bond motifs is 1. The number of nitrogens with zero attached hydrogens (tertiary/aromatic N) is 2. The average molecular weight is 384 g/mol. The zero-order chi connectivity index (χ0) is 19.0. The fourth-order valence-corrected chi connectivity index (χ4v) is 3.73. The number of methoxy groups -OCH3 is 1. The zero-order valence-electron chi connectivity index (χ0n) is 15.5. The van der Waals surface area contributed by atoms with E-state index in [1.54, 1.807) is 13.2 Å². The van der Waals surface area contributed by atoms with Gasteiger partial charge in [0.1, 0.15) is 5.75 Å². The molecule has 0 spiro atoms. The van der Waals surface area contributed by atoms with Gasteiger partial charge in [0.15, 0.2) is 0 Å². The van der Waals surface area contributed by atoms with Crippen LogP contribution in [0, 0.1) is 0 Å². The Kier molecular flexibility index (Phi) is 4.81. The normalized spacial score (nSPS) is 18.6. The molecule has 4 rings (SSSR count). The van der Waals surface area contributed by atoms with E-state index in [9.17, 15) is 4.79 Å². The van der Waals surface area contributed by atoms with Gasteiger partial charge in [-0.25, -0.2) is 0 Å². The summed E-state index contributed by atoms with van der Waals surface area (Å²) < 4.78 is 5.64. The molecule has 1 saturated heterocycles. The van der Waals surface area contributed by atoms with Crippen molar-refractivity contribution in [2.24, 2.45) is 0 Å². The van der Waals surface area contributed by atoms with Gasteiger partial charge in [0, 0.05) is 48.0 Å². The Morgan fingerprint density at radius 1 is 1.11 bits per heavy atom. The second-order valence-corrected chi connectivity index (χ2v) is 7.36. The lowest BCUT2D eigenvalue weighted by Gasteiger charge is -2.34. The molecule has 5 nitrogen and oxygen atoms in total. The molecule has 2 aromatic carbocycles. The maximum Gasteiger partial charge on any atom is 0.256 e. The summed E-state index contributed by atoms with van der Waals surface area (Å²) in [5, 5.41) is 3.49. The second-order valence-electron chi connectivity index (χ2n) is 6.92. The largest absolute Gasteiger partial charge is 0.495 e. The maximum atomic E-state index is 12.4.